The molecule has 0 N–H and O–H groups in total. The van der Waals surface area contributed by atoms with Crippen molar-refractivity contribution >= 4 is 11.3 Å². The number of hydrogen-bond donors (Lipinski definition) is 0. The van der Waals surface area contributed by atoms with Gasteiger partial charge in [-0.15, -0.1) is 21.5 Å². The maximum absolute atomic E-state index is 4.36. The summed E-state index contributed by atoms with van der Waals surface area (Å²) in [6.07, 6.45) is 4.66. The van der Waals surface area contributed by atoms with Crippen LogP contribution in [0.1, 0.15) is 15.7 Å². The van der Waals surface area contributed by atoms with Gasteiger partial charge in [-0.05, 0) is 14.0 Å². The molecule has 0 radical (unpaired) electrons. The molecule has 0 aromatic carbocycles. The summed E-state index contributed by atoms with van der Waals surface area (Å²) in [5.74, 6) is 0.989. The van der Waals surface area contributed by atoms with Crippen LogP contribution in [-0.4, -0.2) is 38.2 Å². The fourth-order valence-electron chi connectivity index (χ4n) is 1.57. The van der Waals surface area contributed by atoms with E-state index < -0.39 is 0 Å². The third-order valence-electron chi connectivity index (χ3n) is 2.59. The monoisotopic (exact) mass is 251 g/mol. The normalized spacial score (nSPS) is 11.3. The molecule has 0 spiro atoms. The van der Waals surface area contributed by atoms with Crippen molar-refractivity contribution in [3.05, 3.63) is 28.2 Å². The van der Waals surface area contributed by atoms with Crippen LogP contribution in [0.15, 0.2) is 12.5 Å². The van der Waals surface area contributed by atoms with Crippen LogP contribution in [0.3, 0.4) is 0 Å². The van der Waals surface area contributed by atoms with Gasteiger partial charge in [0.2, 0.25) is 0 Å². The highest BCUT2D eigenvalue weighted by molar-refractivity contribution is 7.11. The van der Waals surface area contributed by atoms with Crippen molar-refractivity contribution in [3.63, 3.8) is 0 Å². The zero-order chi connectivity index (χ0) is 12.3. The summed E-state index contributed by atoms with van der Waals surface area (Å²) in [4.78, 5) is 7.87. The Morgan fingerprint density at radius 1 is 1.47 bits per heavy atom. The van der Waals surface area contributed by atoms with Gasteiger partial charge < -0.3 is 4.57 Å². The van der Waals surface area contributed by atoms with E-state index in [1.54, 1.807) is 17.7 Å². The minimum atomic E-state index is 0.820. The smallest absolute Gasteiger partial charge is 0.146 e. The van der Waals surface area contributed by atoms with Crippen LogP contribution in [0.4, 0.5) is 0 Å². The molecule has 0 amide bonds. The molecule has 0 saturated carbocycles. The summed E-state index contributed by atoms with van der Waals surface area (Å²) in [5.41, 5.74) is 0. The van der Waals surface area contributed by atoms with E-state index in [4.69, 9.17) is 0 Å². The molecule has 0 bridgehead atoms. The first-order valence-corrected chi connectivity index (χ1v) is 6.39. The van der Waals surface area contributed by atoms with E-state index in [9.17, 15) is 0 Å². The lowest BCUT2D eigenvalue weighted by molar-refractivity contribution is 0.318. The first-order chi connectivity index (χ1) is 8.15. The summed E-state index contributed by atoms with van der Waals surface area (Å²) in [5, 5.41) is 9.15. The molecule has 2 heterocycles. The maximum atomic E-state index is 4.36. The first-order valence-electron chi connectivity index (χ1n) is 5.58. The Kier molecular flexibility index (Phi) is 3.86. The quantitative estimate of drug-likeness (QED) is 0.802. The Balaban J connectivity index is 1.82. The molecule has 2 aromatic heterocycles. The third kappa shape index (κ3) is 3.34. The van der Waals surface area contributed by atoms with Crippen molar-refractivity contribution in [1.29, 1.82) is 0 Å². The molecule has 0 unspecified atom stereocenters. The number of nitrogens with zero attached hydrogens (tertiary/aromatic N) is 5. The lowest BCUT2D eigenvalue weighted by Crippen LogP contribution is -2.22. The average molecular weight is 251 g/mol. The van der Waals surface area contributed by atoms with E-state index in [-0.39, 0.29) is 0 Å². The molecule has 17 heavy (non-hydrogen) atoms. The van der Waals surface area contributed by atoms with E-state index in [0.717, 1.165) is 25.3 Å². The van der Waals surface area contributed by atoms with Crippen molar-refractivity contribution in [2.24, 2.45) is 7.05 Å². The summed E-state index contributed by atoms with van der Waals surface area (Å²) in [7, 11) is 4.06. The predicted octanol–water partition coefficient (Wildman–Crippen LogP) is 1.25. The second kappa shape index (κ2) is 5.37. The van der Waals surface area contributed by atoms with Gasteiger partial charge in [-0.3, -0.25) is 4.90 Å². The Morgan fingerprint density at radius 2 is 2.29 bits per heavy atom. The molecule has 0 fully saturated rings. The lowest BCUT2D eigenvalue weighted by atomic mass is 10.4. The predicted molar refractivity (Wildman–Crippen MR) is 67.9 cm³/mol. The van der Waals surface area contributed by atoms with E-state index in [1.165, 1.54) is 9.88 Å². The van der Waals surface area contributed by atoms with E-state index >= 15 is 0 Å². The van der Waals surface area contributed by atoms with Gasteiger partial charge in [-0.1, -0.05) is 0 Å². The van der Waals surface area contributed by atoms with E-state index in [2.05, 4.69) is 34.1 Å². The number of aromatic nitrogens is 4. The Bertz CT molecular complexity index is 476. The second-order valence-corrected chi connectivity index (χ2v) is 5.53. The van der Waals surface area contributed by atoms with Gasteiger partial charge in [0.1, 0.15) is 12.2 Å². The Labute approximate surface area is 105 Å². The van der Waals surface area contributed by atoms with Gasteiger partial charge in [0.25, 0.3) is 0 Å². The molecule has 2 aromatic rings. The number of likely N-dealkylation sites (N-methyl/N-ethyl adjacent to an activating group) is 1. The standard InChI is InChI=1S/C11H17N5S/c1-9-6-12-11(17-9)4-5-15(2)7-10-14-13-8-16(10)3/h6,8H,4-5,7H2,1-3H3. The lowest BCUT2D eigenvalue weighted by Gasteiger charge is -2.14. The van der Waals surface area contributed by atoms with Crippen molar-refractivity contribution in [1.82, 2.24) is 24.6 Å². The van der Waals surface area contributed by atoms with Crippen LogP contribution in [0.5, 0.6) is 0 Å². The van der Waals surface area contributed by atoms with E-state index in [1.807, 2.05) is 17.8 Å². The molecular weight excluding hydrogens is 234 g/mol. The van der Waals surface area contributed by atoms with E-state index in [0.29, 0.717) is 0 Å². The molecular formula is C11H17N5S. The third-order valence-corrected chi connectivity index (χ3v) is 3.57. The highest BCUT2D eigenvalue weighted by atomic mass is 32.1. The average Bonchev–Trinajstić information content (AvgIpc) is 2.86. The zero-order valence-electron chi connectivity index (χ0n) is 10.4. The topological polar surface area (TPSA) is 46.8 Å². The van der Waals surface area contributed by atoms with Crippen molar-refractivity contribution < 1.29 is 0 Å². The molecule has 0 aliphatic carbocycles. The minimum absolute atomic E-state index is 0.820. The zero-order valence-corrected chi connectivity index (χ0v) is 11.2. The minimum Gasteiger partial charge on any atom is -0.320 e. The molecule has 2 rings (SSSR count). The van der Waals surface area contributed by atoms with Crippen LogP contribution >= 0.6 is 11.3 Å². The van der Waals surface area contributed by atoms with Gasteiger partial charge in [-0.2, -0.15) is 0 Å². The molecule has 5 nitrogen and oxygen atoms in total. The van der Waals surface area contributed by atoms with Crippen LogP contribution in [0.2, 0.25) is 0 Å². The van der Waals surface area contributed by atoms with Crippen molar-refractivity contribution in [2.75, 3.05) is 13.6 Å². The number of hydrogen-bond acceptors (Lipinski definition) is 5. The molecule has 0 saturated heterocycles. The summed E-state index contributed by atoms with van der Waals surface area (Å²) < 4.78 is 1.95. The fourth-order valence-corrected chi connectivity index (χ4v) is 2.35. The number of aryl methyl sites for hydroxylation is 2. The molecule has 6 heteroatoms. The van der Waals surface area contributed by atoms with Crippen LogP contribution in [0, 0.1) is 6.92 Å². The molecule has 0 aliphatic rings. The highest BCUT2D eigenvalue weighted by Crippen LogP contribution is 2.12. The van der Waals surface area contributed by atoms with Gasteiger partial charge in [-0.25, -0.2) is 4.98 Å². The van der Waals surface area contributed by atoms with Gasteiger partial charge in [0.05, 0.1) is 11.6 Å². The Morgan fingerprint density at radius 3 is 2.88 bits per heavy atom. The number of thiazole rings is 1. The second-order valence-electron chi connectivity index (χ2n) is 4.21. The Hall–Kier alpha value is -1.27. The SMILES string of the molecule is Cc1cnc(CCN(C)Cc2nncn2C)s1. The van der Waals surface area contributed by atoms with Crippen molar-refractivity contribution in [3.8, 4) is 0 Å². The molecule has 0 atom stereocenters. The van der Waals surface area contributed by atoms with Gasteiger partial charge in [0.15, 0.2) is 0 Å². The summed E-state index contributed by atoms with van der Waals surface area (Å²) in [6.45, 7) is 3.89. The van der Waals surface area contributed by atoms with Crippen molar-refractivity contribution in [2.45, 2.75) is 19.9 Å². The van der Waals surface area contributed by atoms with Crippen LogP contribution in [-0.2, 0) is 20.0 Å². The summed E-state index contributed by atoms with van der Waals surface area (Å²) >= 11 is 1.77. The fraction of sp³-hybridized carbons (Fsp3) is 0.545. The largest absolute Gasteiger partial charge is 0.320 e. The van der Waals surface area contributed by atoms with Crippen LogP contribution in [0.25, 0.3) is 0 Å². The molecule has 92 valence electrons. The molecule has 0 aliphatic heterocycles. The summed E-state index contributed by atoms with van der Waals surface area (Å²) in [6, 6.07) is 0. The first kappa shape index (κ1) is 12.2. The highest BCUT2D eigenvalue weighted by Gasteiger charge is 2.06. The maximum Gasteiger partial charge on any atom is 0.146 e. The van der Waals surface area contributed by atoms with Gasteiger partial charge in [0, 0.05) is 31.1 Å². The van der Waals surface area contributed by atoms with Crippen LogP contribution < -0.4 is 0 Å². The van der Waals surface area contributed by atoms with Gasteiger partial charge >= 0.3 is 0 Å². The number of rotatable bonds is 5.